The minimum Gasteiger partial charge on any atom is -0.290 e. The molecule has 0 fully saturated rings. The second-order valence-electron chi connectivity index (χ2n) is 3.66. The Morgan fingerprint density at radius 3 is 3.00 bits per heavy atom. The maximum Gasteiger partial charge on any atom is 0.325 e. The molecular weight excluding hydrogens is 190 g/mol. The second kappa shape index (κ2) is 2.50. The SMILES string of the molecule is Cc1n(N)c2c(nc3ccccn32)[n+]1C. The zero-order valence-electron chi connectivity index (χ0n) is 8.68. The van der Waals surface area contributed by atoms with Crippen molar-refractivity contribution < 1.29 is 4.57 Å². The fraction of sp³-hybridized carbons (Fsp3) is 0.200. The monoisotopic (exact) mass is 202 g/mol. The van der Waals surface area contributed by atoms with Crippen LogP contribution in [0.1, 0.15) is 5.82 Å². The number of nitrogens with two attached hydrogens (primary N) is 1. The van der Waals surface area contributed by atoms with E-state index in [4.69, 9.17) is 5.84 Å². The summed E-state index contributed by atoms with van der Waals surface area (Å²) in [4.78, 5) is 4.52. The minimum atomic E-state index is 0.904. The van der Waals surface area contributed by atoms with Crippen molar-refractivity contribution in [2.24, 2.45) is 7.05 Å². The normalized spacial score (nSPS) is 11.6. The van der Waals surface area contributed by atoms with Crippen molar-refractivity contribution in [3.05, 3.63) is 30.2 Å². The van der Waals surface area contributed by atoms with E-state index in [9.17, 15) is 0 Å². The lowest BCUT2D eigenvalue weighted by Gasteiger charge is -1.93. The third-order valence-electron chi connectivity index (χ3n) is 2.87. The van der Waals surface area contributed by atoms with Gasteiger partial charge >= 0.3 is 5.65 Å². The highest BCUT2D eigenvalue weighted by atomic mass is 15.4. The van der Waals surface area contributed by atoms with Gasteiger partial charge in [-0.25, -0.2) is 4.57 Å². The van der Waals surface area contributed by atoms with Crippen LogP contribution in [0, 0.1) is 6.92 Å². The Morgan fingerprint density at radius 1 is 1.40 bits per heavy atom. The number of nitrogen functional groups attached to an aromatic ring is 1. The Morgan fingerprint density at radius 2 is 2.20 bits per heavy atom. The van der Waals surface area contributed by atoms with Gasteiger partial charge in [0.2, 0.25) is 11.5 Å². The summed E-state index contributed by atoms with van der Waals surface area (Å²) < 4.78 is 5.64. The molecule has 76 valence electrons. The standard InChI is InChI=1S/C10H12N5/c1-7-13(2)9-10(15(7)11)14-6-4-3-5-8(14)12-9/h3-6H,11H2,1-2H3/q+1. The van der Waals surface area contributed by atoms with Gasteiger partial charge in [-0.2, -0.15) is 0 Å². The van der Waals surface area contributed by atoms with E-state index in [1.807, 2.05) is 47.3 Å². The van der Waals surface area contributed by atoms with Gasteiger partial charge < -0.3 is 0 Å². The molecule has 0 amide bonds. The van der Waals surface area contributed by atoms with E-state index < -0.39 is 0 Å². The molecule has 5 heteroatoms. The predicted octanol–water partition coefficient (Wildman–Crippen LogP) is 0.136. The number of nitrogens with zero attached hydrogens (tertiary/aromatic N) is 4. The van der Waals surface area contributed by atoms with E-state index in [-0.39, 0.29) is 0 Å². The van der Waals surface area contributed by atoms with Crippen LogP contribution >= 0.6 is 0 Å². The fourth-order valence-electron chi connectivity index (χ4n) is 1.89. The fourth-order valence-corrected chi connectivity index (χ4v) is 1.89. The van der Waals surface area contributed by atoms with E-state index in [0.29, 0.717) is 0 Å². The first-order chi connectivity index (χ1) is 7.20. The minimum absolute atomic E-state index is 0.904. The number of fused-ring (bicyclic) bond motifs is 3. The molecule has 0 aliphatic heterocycles. The maximum atomic E-state index is 5.98. The number of pyridine rings is 1. The van der Waals surface area contributed by atoms with Crippen molar-refractivity contribution in [3.8, 4) is 0 Å². The summed E-state index contributed by atoms with van der Waals surface area (Å²) in [6, 6.07) is 5.90. The molecule has 0 saturated carbocycles. The molecule has 0 saturated heterocycles. The van der Waals surface area contributed by atoms with Crippen LogP contribution < -0.4 is 10.4 Å². The largest absolute Gasteiger partial charge is 0.325 e. The zero-order valence-corrected chi connectivity index (χ0v) is 8.68. The van der Waals surface area contributed by atoms with E-state index in [0.717, 1.165) is 22.8 Å². The van der Waals surface area contributed by atoms with E-state index in [1.165, 1.54) is 0 Å². The van der Waals surface area contributed by atoms with Crippen molar-refractivity contribution in [1.29, 1.82) is 0 Å². The molecule has 5 nitrogen and oxygen atoms in total. The number of hydrogen-bond acceptors (Lipinski definition) is 2. The molecule has 15 heavy (non-hydrogen) atoms. The molecule has 0 aliphatic rings. The lowest BCUT2D eigenvalue weighted by Crippen LogP contribution is -2.32. The van der Waals surface area contributed by atoms with Gasteiger partial charge in [-0.3, -0.25) is 10.2 Å². The van der Waals surface area contributed by atoms with Crippen LogP contribution in [-0.4, -0.2) is 14.1 Å². The molecule has 0 aromatic carbocycles. The molecule has 3 aromatic rings. The molecule has 3 aromatic heterocycles. The quantitative estimate of drug-likeness (QED) is 0.416. The van der Waals surface area contributed by atoms with Crippen LogP contribution in [0.25, 0.3) is 16.9 Å². The Bertz CT molecular complexity index is 661. The van der Waals surface area contributed by atoms with Gasteiger partial charge in [-0.15, -0.1) is 4.68 Å². The molecule has 0 unspecified atom stereocenters. The first-order valence-electron chi connectivity index (χ1n) is 4.79. The highest BCUT2D eigenvalue weighted by Gasteiger charge is 2.22. The van der Waals surface area contributed by atoms with Crippen LogP contribution in [-0.2, 0) is 7.05 Å². The Labute approximate surface area is 86.3 Å². The third-order valence-corrected chi connectivity index (χ3v) is 2.87. The van der Waals surface area contributed by atoms with Crippen LogP contribution in [0.5, 0.6) is 0 Å². The summed E-state index contributed by atoms with van der Waals surface area (Å²) >= 11 is 0. The number of aromatic nitrogens is 4. The Balaban J connectivity index is 2.65. The maximum absolute atomic E-state index is 5.98. The highest BCUT2D eigenvalue weighted by Crippen LogP contribution is 2.13. The van der Waals surface area contributed by atoms with Gasteiger partial charge in [-0.05, 0) is 12.1 Å². The number of rotatable bonds is 0. The predicted molar refractivity (Wildman–Crippen MR) is 56.8 cm³/mol. The van der Waals surface area contributed by atoms with Gasteiger partial charge in [-0.1, -0.05) is 11.1 Å². The van der Waals surface area contributed by atoms with Gasteiger partial charge in [0.05, 0.1) is 7.05 Å². The van der Waals surface area contributed by atoms with Crippen LogP contribution in [0.2, 0.25) is 0 Å². The summed E-state index contributed by atoms with van der Waals surface area (Å²) in [5.74, 6) is 6.96. The molecule has 0 aliphatic carbocycles. The van der Waals surface area contributed by atoms with E-state index >= 15 is 0 Å². The number of hydrogen-bond donors (Lipinski definition) is 1. The van der Waals surface area contributed by atoms with E-state index in [2.05, 4.69) is 4.98 Å². The second-order valence-corrected chi connectivity index (χ2v) is 3.66. The Kier molecular flexibility index (Phi) is 1.38. The zero-order chi connectivity index (χ0) is 10.6. The average Bonchev–Trinajstić information content (AvgIpc) is 2.72. The smallest absolute Gasteiger partial charge is 0.290 e. The first-order valence-corrected chi connectivity index (χ1v) is 4.79. The molecule has 0 bridgehead atoms. The van der Waals surface area contributed by atoms with Crippen molar-refractivity contribution >= 4 is 16.9 Å². The first kappa shape index (κ1) is 8.28. The van der Waals surface area contributed by atoms with Crippen LogP contribution in [0.3, 0.4) is 0 Å². The van der Waals surface area contributed by atoms with Crippen molar-refractivity contribution in [3.63, 3.8) is 0 Å². The lowest BCUT2D eigenvalue weighted by atomic mass is 10.5. The van der Waals surface area contributed by atoms with Gasteiger partial charge in [0.15, 0.2) is 0 Å². The van der Waals surface area contributed by atoms with Crippen LogP contribution in [0.15, 0.2) is 24.4 Å². The summed E-state index contributed by atoms with van der Waals surface area (Å²) in [5.41, 5.74) is 2.74. The van der Waals surface area contributed by atoms with Crippen molar-refractivity contribution in [2.45, 2.75) is 6.92 Å². The molecule has 0 atom stereocenters. The molecule has 0 radical (unpaired) electrons. The highest BCUT2D eigenvalue weighted by molar-refractivity contribution is 5.71. The summed E-state index contributed by atoms with van der Waals surface area (Å²) in [5, 5.41) is 0. The lowest BCUT2D eigenvalue weighted by molar-refractivity contribution is -0.653. The third kappa shape index (κ3) is 0.869. The molecule has 0 spiro atoms. The van der Waals surface area contributed by atoms with Crippen molar-refractivity contribution in [1.82, 2.24) is 14.1 Å². The number of imidazole rings is 2. The summed E-state index contributed by atoms with van der Waals surface area (Å²) in [6.07, 6.45) is 1.97. The summed E-state index contributed by atoms with van der Waals surface area (Å²) in [7, 11) is 1.97. The molecule has 3 heterocycles. The van der Waals surface area contributed by atoms with E-state index in [1.54, 1.807) is 4.68 Å². The van der Waals surface area contributed by atoms with Crippen molar-refractivity contribution in [2.75, 3.05) is 5.84 Å². The van der Waals surface area contributed by atoms with Gasteiger partial charge in [0.1, 0.15) is 0 Å². The number of aryl methyl sites for hydroxylation is 1. The molecule has 2 N–H and O–H groups in total. The average molecular weight is 202 g/mol. The Hall–Kier alpha value is -2.04. The van der Waals surface area contributed by atoms with Gasteiger partial charge in [0.25, 0.3) is 5.65 Å². The topological polar surface area (TPSA) is 52.1 Å². The van der Waals surface area contributed by atoms with Gasteiger partial charge in [0, 0.05) is 13.1 Å². The van der Waals surface area contributed by atoms with Crippen LogP contribution in [0.4, 0.5) is 0 Å². The molecule has 3 rings (SSSR count). The molecular formula is C10H12N5+. The summed E-state index contributed by atoms with van der Waals surface area (Å²) in [6.45, 7) is 1.97.